The predicted molar refractivity (Wildman–Crippen MR) is 264 cm³/mol. The van der Waals surface area contributed by atoms with Crippen LogP contribution < -0.4 is 10.2 Å². The van der Waals surface area contributed by atoms with Crippen molar-refractivity contribution in [3.8, 4) is 0 Å². The molecule has 0 fully saturated rings. The number of nitrogens with zero attached hydrogens (tertiary/aromatic N) is 2. The normalized spacial score (nSPS) is 16.4. The third-order valence-electron chi connectivity index (χ3n) is 12.9. The van der Waals surface area contributed by atoms with Gasteiger partial charge in [-0.15, -0.1) is 0 Å². The van der Waals surface area contributed by atoms with Gasteiger partial charge < -0.3 is 14.8 Å². The molecule has 0 unspecified atom stereocenters. The number of rotatable bonds is 23. The van der Waals surface area contributed by atoms with Crippen LogP contribution in [0.5, 0.6) is 0 Å². The number of benzene rings is 4. The summed E-state index contributed by atoms with van der Waals surface area (Å²) in [5, 5.41) is 8.02. The third-order valence-corrected chi connectivity index (χ3v) is 13.7. The summed E-state index contributed by atoms with van der Waals surface area (Å²) in [5.41, 5.74) is 8.00. The van der Waals surface area contributed by atoms with Crippen molar-refractivity contribution in [2.75, 3.05) is 30.3 Å². The number of carbonyl (C=O) groups is 1. The quantitative estimate of drug-likeness (QED) is 0.0264. The highest BCUT2D eigenvalue weighted by atomic mass is 32.2. The van der Waals surface area contributed by atoms with Crippen LogP contribution in [0.15, 0.2) is 133 Å². The minimum absolute atomic E-state index is 0.114. The Hall–Kier alpha value is -5.05. The van der Waals surface area contributed by atoms with Gasteiger partial charge in [0.1, 0.15) is 6.54 Å². The van der Waals surface area contributed by atoms with Gasteiger partial charge in [0.15, 0.2) is 5.71 Å². The van der Waals surface area contributed by atoms with Gasteiger partial charge in [0.2, 0.25) is 11.6 Å². The van der Waals surface area contributed by atoms with Crippen LogP contribution in [0.4, 0.5) is 11.4 Å². The Labute approximate surface area is 377 Å². The zero-order chi connectivity index (χ0) is 45.0. The second kappa shape index (κ2) is 21.6. The molecule has 2 aliphatic heterocycles. The van der Waals surface area contributed by atoms with Gasteiger partial charge in [-0.25, -0.2) is 8.42 Å². The monoisotopic (exact) mass is 868 g/mol. The maximum atomic E-state index is 12.7. The summed E-state index contributed by atoms with van der Waals surface area (Å²) in [7, 11) is -4.25. The largest absolute Gasteiger partial charge is 0.748 e. The average molecular weight is 868 g/mol. The van der Waals surface area contributed by atoms with Gasteiger partial charge in [0.05, 0.1) is 15.5 Å². The van der Waals surface area contributed by atoms with E-state index in [0.29, 0.717) is 32.4 Å². The van der Waals surface area contributed by atoms with Gasteiger partial charge in [-0.1, -0.05) is 144 Å². The molecule has 63 heavy (non-hydrogen) atoms. The van der Waals surface area contributed by atoms with Gasteiger partial charge in [-0.05, 0) is 97.7 Å². The van der Waals surface area contributed by atoms with Crippen molar-refractivity contribution in [3.63, 3.8) is 0 Å². The zero-order valence-corrected chi connectivity index (χ0v) is 39.2. The summed E-state index contributed by atoms with van der Waals surface area (Å²) in [5.74, 6) is -0.233. The fourth-order valence-electron chi connectivity index (χ4n) is 9.70. The molecule has 1 amide bonds. The van der Waals surface area contributed by atoms with Crippen LogP contribution >= 0.6 is 0 Å². The molecular formula is C55H69N3O4S. The molecule has 2 aliphatic rings. The molecule has 0 spiro atoms. The summed E-state index contributed by atoms with van der Waals surface area (Å²) in [6, 6.07) is 25.9. The van der Waals surface area contributed by atoms with Crippen LogP contribution in [0, 0.1) is 0 Å². The van der Waals surface area contributed by atoms with E-state index < -0.39 is 10.1 Å². The number of carbonyl (C=O) groups excluding carboxylic acids is 1. The van der Waals surface area contributed by atoms with E-state index >= 15 is 0 Å². The third kappa shape index (κ3) is 11.8. The molecule has 0 saturated carbocycles. The number of anilines is 1. The van der Waals surface area contributed by atoms with E-state index in [1.165, 1.54) is 69.8 Å². The van der Waals surface area contributed by atoms with E-state index in [1.807, 2.05) is 0 Å². The molecule has 4 aromatic carbocycles. The fraction of sp³-hybridized carbons (Fsp3) is 0.418. The van der Waals surface area contributed by atoms with Crippen molar-refractivity contribution in [2.45, 2.75) is 122 Å². The molecule has 0 aromatic heterocycles. The lowest BCUT2D eigenvalue weighted by atomic mass is 9.79. The SMILES string of the molecule is C=C(CCCCCCC)CNC(=O)CCCCC[N+]1=C(C=CC=CC=CC=C2N(CCCCS(=O)(=O)[O-])c3ccc4ccccc4c3C2(C)C)C(C)(C)c2c1ccc1ccccc21. The van der Waals surface area contributed by atoms with E-state index in [1.54, 1.807) is 0 Å². The van der Waals surface area contributed by atoms with Crippen LogP contribution in [0.2, 0.25) is 0 Å². The molecule has 334 valence electrons. The molecule has 0 aliphatic carbocycles. The van der Waals surface area contributed by atoms with E-state index in [0.717, 1.165) is 55.6 Å². The highest BCUT2D eigenvalue weighted by molar-refractivity contribution is 7.85. The van der Waals surface area contributed by atoms with Gasteiger partial charge in [0.25, 0.3) is 0 Å². The summed E-state index contributed by atoms with van der Waals surface area (Å²) in [6.45, 7) is 17.6. The average Bonchev–Trinajstić information content (AvgIpc) is 3.61. The van der Waals surface area contributed by atoms with Crippen molar-refractivity contribution in [3.05, 3.63) is 144 Å². The number of amides is 1. The van der Waals surface area contributed by atoms with E-state index in [2.05, 4.69) is 171 Å². The zero-order valence-electron chi connectivity index (χ0n) is 38.4. The lowest BCUT2D eigenvalue weighted by Crippen LogP contribution is -2.28. The fourth-order valence-corrected chi connectivity index (χ4v) is 10.3. The highest BCUT2D eigenvalue weighted by Gasteiger charge is 2.45. The first-order valence-corrected chi connectivity index (χ1v) is 24.9. The van der Waals surface area contributed by atoms with E-state index in [-0.39, 0.29) is 22.5 Å². The highest BCUT2D eigenvalue weighted by Crippen LogP contribution is 2.51. The van der Waals surface area contributed by atoms with Crippen molar-refractivity contribution in [2.24, 2.45) is 0 Å². The van der Waals surface area contributed by atoms with Crippen LogP contribution in [-0.4, -0.2) is 54.6 Å². The predicted octanol–water partition coefficient (Wildman–Crippen LogP) is 12.6. The first-order valence-electron chi connectivity index (χ1n) is 23.3. The number of hydrogen-bond donors (Lipinski definition) is 1. The van der Waals surface area contributed by atoms with Gasteiger partial charge in [-0.3, -0.25) is 4.79 Å². The molecule has 2 heterocycles. The molecule has 0 atom stereocenters. The number of nitrogens with one attached hydrogen (secondary N) is 1. The Morgan fingerprint density at radius 1 is 0.730 bits per heavy atom. The number of allylic oxidation sites excluding steroid dienone is 8. The van der Waals surface area contributed by atoms with E-state index in [9.17, 15) is 17.8 Å². The number of fused-ring (bicyclic) bond motifs is 6. The lowest BCUT2D eigenvalue weighted by molar-refractivity contribution is -0.438. The molecule has 4 aromatic rings. The molecule has 7 nitrogen and oxygen atoms in total. The first kappa shape index (κ1) is 47.4. The minimum Gasteiger partial charge on any atom is -0.748 e. The maximum absolute atomic E-state index is 12.7. The standard InChI is InChI=1S/C55H69N3O4S/c1-7-8-9-11-15-26-42(2)41-56-51(59)33-18-14-23-38-57-47-36-34-43-27-19-21-29-45(43)52(47)54(3,4)49(57)31-16-12-10-13-17-32-50-55(5,6)53-46-30-22-20-28-44(46)35-37-48(53)58(50)39-24-25-40-63(60,61)62/h10,12-13,16-17,19-22,27-32,34-37H,2,7-9,11,14-15,18,23-26,33,38-41H2,1,3-6H3,(H-,56,59,60,61,62). The molecule has 0 saturated heterocycles. The summed E-state index contributed by atoms with van der Waals surface area (Å²) in [4.78, 5) is 15.0. The molecule has 8 heteroatoms. The van der Waals surface area contributed by atoms with Crippen LogP contribution in [0.25, 0.3) is 21.5 Å². The van der Waals surface area contributed by atoms with Crippen molar-refractivity contribution in [1.29, 1.82) is 0 Å². The van der Waals surface area contributed by atoms with Gasteiger partial charge in [-0.2, -0.15) is 4.58 Å². The van der Waals surface area contributed by atoms with Gasteiger partial charge in [0, 0.05) is 66.2 Å². The molecular weight excluding hydrogens is 799 g/mol. The Kier molecular flexibility index (Phi) is 16.2. The second-order valence-corrected chi connectivity index (χ2v) is 20.0. The molecule has 6 rings (SSSR count). The smallest absolute Gasteiger partial charge is 0.220 e. The molecule has 0 bridgehead atoms. The summed E-state index contributed by atoms with van der Waals surface area (Å²) >= 11 is 0. The molecule has 1 N–H and O–H groups in total. The second-order valence-electron chi connectivity index (χ2n) is 18.5. The minimum atomic E-state index is -4.25. The topological polar surface area (TPSA) is 92.6 Å². The Balaban J connectivity index is 1.13. The number of hydrogen-bond acceptors (Lipinski definition) is 5. The summed E-state index contributed by atoms with van der Waals surface area (Å²) < 4.78 is 36.5. The van der Waals surface area contributed by atoms with Crippen LogP contribution in [0.3, 0.4) is 0 Å². The van der Waals surface area contributed by atoms with Crippen LogP contribution in [-0.2, 0) is 25.7 Å². The lowest BCUT2D eigenvalue weighted by Gasteiger charge is -2.27. The number of unbranched alkanes of at least 4 members (excludes halogenated alkanes) is 7. The van der Waals surface area contributed by atoms with Gasteiger partial charge >= 0.3 is 0 Å². The first-order chi connectivity index (χ1) is 30.2. The van der Waals surface area contributed by atoms with Crippen molar-refractivity contribution in [1.82, 2.24) is 5.32 Å². The van der Waals surface area contributed by atoms with E-state index in [4.69, 9.17) is 0 Å². The Morgan fingerprint density at radius 3 is 2.10 bits per heavy atom. The maximum Gasteiger partial charge on any atom is 0.220 e. The summed E-state index contributed by atoms with van der Waals surface area (Å²) in [6.07, 6.45) is 26.3. The van der Waals surface area contributed by atoms with Crippen molar-refractivity contribution < 1.29 is 22.3 Å². The van der Waals surface area contributed by atoms with Crippen LogP contribution in [0.1, 0.15) is 123 Å². The molecule has 0 radical (unpaired) electrons. The Morgan fingerprint density at radius 2 is 1.37 bits per heavy atom. The Bertz CT molecular complexity index is 2540. The van der Waals surface area contributed by atoms with Crippen molar-refractivity contribution >= 4 is 54.7 Å².